The molecule has 1 heterocycles. The molecule has 27 heavy (non-hydrogen) atoms. The van der Waals surface area contributed by atoms with Gasteiger partial charge in [-0.2, -0.15) is 5.10 Å². The third-order valence-electron chi connectivity index (χ3n) is 4.85. The average Bonchev–Trinajstić information content (AvgIpc) is 2.98. The molecule has 5 nitrogen and oxygen atoms in total. The minimum Gasteiger partial charge on any atom is -0.343 e. The largest absolute Gasteiger partial charge is 0.343 e. The average molecular weight is 374 g/mol. The van der Waals surface area contributed by atoms with Crippen molar-refractivity contribution in [2.75, 3.05) is 14.1 Å². The number of carbonyl (C=O) groups excluding carboxylic acids is 1. The molecule has 1 aromatic carbocycles. The van der Waals surface area contributed by atoms with E-state index in [2.05, 4.69) is 17.0 Å². The maximum absolute atomic E-state index is 13.8. The summed E-state index contributed by atoms with van der Waals surface area (Å²) in [7, 11) is 3.41. The highest BCUT2D eigenvalue weighted by molar-refractivity contribution is 5.93. The van der Waals surface area contributed by atoms with Gasteiger partial charge in [0.1, 0.15) is 11.6 Å². The maximum atomic E-state index is 13.8. The molecule has 1 atom stereocenters. The van der Waals surface area contributed by atoms with Crippen molar-refractivity contribution in [3.05, 3.63) is 65.0 Å². The van der Waals surface area contributed by atoms with Gasteiger partial charge in [0.05, 0.1) is 6.54 Å². The third kappa shape index (κ3) is 4.08. The van der Waals surface area contributed by atoms with Crippen LogP contribution in [-0.2, 0) is 25.9 Å². The Morgan fingerprint density at radius 2 is 2.22 bits per heavy atom. The van der Waals surface area contributed by atoms with Crippen molar-refractivity contribution in [3.63, 3.8) is 0 Å². The summed E-state index contributed by atoms with van der Waals surface area (Å²) in [6.45, 7) is 4.62. The van der Waals surface area contributed by atoms with Crippen molar-refractivity contribution in [3.8, 4) is 0 Å². The number of amides is 1. The molecule has 2 aromatic rings. The van der Waals surface area contributed by atoms with Crippen molar-refractivity contribution in [2.45, 2.75) is 38.4 Å². The van der Waals surface area contributed by atoms with Gasteiger partial charge in [0.15, 0.2) is 5.69 Å². The molecule has 0 saturated carbocycles. The first kappa shape index (κ1) is 19.2. The van der Waals surface area contributed by atoms with E-state index >= 15 is 0 Å². The fraction of sp³-hybridized carbons (Fsp3) is 0.400. The number of nitrogens with one attached hydrogen (secondary N) is 1. The number of allylic oxidation sites excluding steroid dienone is 1. The van der Waals surface area contributed by atoms with Crippen molar-refractivity contribution < 1.29 is 13.6 Å². The summed E-state index contributed by atoms with van der Waals surface area (Å²) in [4.78, 5) is 14.0. The normalized spacial score (nSPS) is 16.1. The Bertz CT molecular complexity index is 860. The van der Waals surface area contributed by atoms with Crippen molar-refractivity contribution in [1.29, 1.82) is 0 Å². The summed E-state index contributed by atoms with van der Waals surface area (Å²) in [5.41, 5.74) is 2.90. The molecule has 0 radical (unpaired) electrons. The first-order valence-electron chi connectivity index (χ1n) is 8.99. The highest BCUT2D eigenvalue weighted by Gasteiger charge is 2.29. The lowest BCUT2D eigenvalue weighted by molar-refractivity contribution is 0.0820. The predicted molar refractivity (Wildman–Crippen MR) is 99.5 cm³/mol. The maximum Gasteiger partial charge on any atom is 0.274 e. The second-order valence-corrected chi connectivity index (χ2v) is 7.00. The van der Waals surface area contributed by atoms with Crippen LogP contribution < -0.4 is 5.32 Å². The Morgan fingerprint density at radius 3 is 2.89 bits per heavy atom. The minimum atomic E-state index is -0.583. The molecule has 0 saturated heterocycles. The SMILES string of the molecule is C=CCn1nc(C(=O)N(C)C)c2c1CCC(NCc1ccc(F)cc1F)C2. The van der Waals surface area contributed by atoms with E-state index in [1.807, 2.05) is 4.68 Å². The molecule has 144 valence electrons. The molecule has 0 aliphatic heterocycles. The van der Waals surface area contributed by atoms with Gasteiger partial charge in [0, 0.05) is 49.6 Å². The Hall–Kier alpha value is -2.54. The number of benzene rings is 1. The van der Waals surface area contributed by atoms with Gasteiger partial charge in [-0.05, 0) is 25.3 Å². The number of hydrogen-bond donors (Lipinski definition) is 1. The highest BCUT2D eigenvalue weighted by atomic mass is 19.1. The number of carbonyl (C=O) groups is 1. The van der Waals surface area contributed by atoms with Gasteiger partial charge in [-0.3, -0.25) is 9.48 Å². The summed E-state index contributed by atoms with van der Waals surface area (Å²) >= 11 is 0. The van der Waals surface area contributed by atoms with Gasteiger partial charge in [0.25, 0.3) is 5.91 Å². The zero-order valence-electron chi connectivity index (χ0n) is 15.6. The van der Waals surface area contributed by atoms with E-state index in [0.717, 1.165) is 30.2 Å². The Morgan fingerprint density at radius 1 is 1.44 bits per heavy atom. The molecule has 0 spiro atoms. The van der Waals surface area contributed by atoms with Gasteiger partial charge in [-0.25, -0.2) is 8.78 Å². The van der Waals surface area contributed by atoms with Crippen LogP contribution in [0, 0.1) is 11.6 Å². The van der Waals surface area contributed by atoms with Gasteiger partial charge >= 0.3 is 0 Å². The zero-order chi connectivity index (χ0) is 19.6. The van der Waals surface area contributed by atoms with Gasteiger partial charge < -0.3 is 10.2 Å². The summed E-state index contributed by atoms with van der Waals surface area (Å²) in [6.07, 6.45) is 4.04. The molecule has 7 heteroatoms. The van der Waals surface area contributed by atoms with E-state index in [1.54, 1.807) is 20.2 Å². The van der Waals surface area contributed by atoms with Crippen LogP contribution in [0.15, 0.2) is 30.9 Å². The van der Waals surface area contributed by atoms with Crippen LogP contribution in [-0.4, -0.2) is 40.7 Å². The molecule has 1 aromatic heterocycles. The van der Waals surface area contributed by atoms with Crippen LogP contribution in [0.25, 0.3) is 0 Å². The quantitative estimate of drug-likeness (QED) is 0.791. The molecule has 1 unspecified atom stereocenters. The van der Waals surface area contributed by atoms with Crippen LogP contribution >= 0.6 is 0 Å². The molecular formula is C20H24F2N4O. The summed E-state index contributed by atoms with van der Waals surface area (Å²) in [5, 5.41) is 7.84. The second-order valence-electron chi connectivity index (χ2n) is 7.00. The fourth-order valence-electron chi connectivity index (χ4n) is 3.44. The zero-order valence-corrected chi connectivity index (χ0v) is 15.6. The van der Waals surface area contributed by atoms with Gasteiger partial charge in [-0.15, -0.1) is 6.58 Å². The standard InChI is InChI=1S/C20H24F2N4O/c1-4-9-26-18-8-7-15(11-16(18)19(24-26)20(27)25(2)3)23-12-13-5-6-14(21)10-17(13)22/h4-6,10,15,23H,1,7-9,11-12H2,2-3H3. The lowest BCUT2D eigenvalue weighted by Gasteiger charge is -2.25. The summed E-state index contributed by atoms with van der Waals surface area (Å²) < 4.78 is 28.7. The molecule has 0 fully saturated rings. The summed E-state index contributed by atoms with van der Waals surface area (Å²) in [6, 6.07) is 3.70. The van der Waals surface area contributed by atoms with Crippen LogP contribution in [0.2, 0.25) is 0 Å². The molecule has 3 rings (SSSR count). The molecule has 0 bridgehead atoms. The molecular weight excluding hydrogens is 350 g/mol. The van der Waals surface area contributed by atoms with Crippen molar-refractivity contribution in [1.82, 2.24) is 20.0 Å². The van der Waals surface area contributed by atoms with E-state index in [0.29, 0.717) is 30.8 Å². The highest BCUT2D eigenvalue weighted by Crippen LogP contribution is 2.26. The van der Waals surface area contributed by atoms with Crippen LogP contribution in [0.1, 0.15) is 33.7 Å². The first-order chi connectivity index (χ1) is 12.9. The topological polar surface area (TPSA) is 50.2 Å². The monoisotopic (exact) mass is 374 g/mol. The number of aromatic nitrogens is 2. The lowest BCUT2D eigenvalue weighted by Crippen LogP contribution is -2.35. The van der Waals surface area contributed by atoms with E-state index < -0.39 is 11.6 Å². The van der Waals surface area contributed by atoms with Crippen LogP contribution in [0.3, 0.4) is 0 Å². The Balaban J connectivity index is 1.78. The molecule has 1 aliphatic rings. The van der Waals surface area contributed by atoms with Crippen LogP contribution in [0.5, 0.6) is 0 Å². The van der Waals surface area contributed by atoms with Gasteiger partial charge in [0.2, 0.25) is 0 Å². The van der Waals surface area contributed by atoms with Gasteiger partial charge in [-0.1, -0.05) is 12.1 Å². The van der Waals surface area contributed by atoms with E-state index in [-0.39, 0.29) is 11.9 Å². The molecule has 1 N–H and O–H groups in total. The number of halogens is 2. The number of rotatable bonds is 6. The van der Waals surface area contributed by atoms with E-state index in [4.69, 9.17) is 0 Å². The fourth-order valence-corrected chi connectivity index (χ4v) is 3.44. The second kappa shape index (κ2) is 8.00. The lowest BCUT2D eigenvalue weighted by atomic mass is 9.91. The van der Waals surface area contributed by atoms with Crippen molar-refractivity contribution in [2.24, 2.45) is 0 Å². The van der Waals surface area contributed by atoms with Crippen molar-refractivity contribution >= 4 is 5.91 Å². The third-order valence-corrected chi connectivity index (χ3v) is 4.85. The molecule has 1 aliphatic carbocycles. The predicted octanol–water partition coefficient (Wildman–Crippen LogP) is 2.70. The Labute approximate surface area is 157 Å². The first-order valence-corrected chi connectivity index (χ1v) is 8.99. The summed E-state index contributed by atoms with van der Waals surface area (Å²) in [5.74, 6) is -1.26. The minimum absolute atomic E-state index is 0.0945. The number of nitrogens with zero attached hydrogens (tertiary/aromatic N) is 3. The van der Waals surface area contributed by atoms with E-state index in [1.165, 1.54) is 17.0 Å². The smallest absolute Gasteiger partial charge is 0.274 e. The number of hydrogen-bond acceptors (Lipinski definition) is 3. The van der Waals surface area contributed by atoms with E-state index in [9.17, 15) is 13.6 Å². The van der Waals surface area contributed by atoms with Crippen LogP contribution in [0.4, 0.5) is 8.78 Å². The number of fused-ring (bicyclic) bond motifs is 1. The Kier molecular flexibility index (Phi) is 5.70. The molecule has 1 amide bonds.